The lowest BCUT2D eigenvalue weighted by atomic mass is 9.77. The van der Waals surface area contributed by atoms with E-state index in [0.717, 1.165) is 16.5 Å². The number of carbonyl (C=O) groups is 2. The third kappa shape index (κ3) is 2.81. The first kappa shape index (κ1) is 19.3. The number of ether oxygens (including phenoxy) is 1. The summed E-state index contributed by atoms with van der Waals surface area (Å²) < 4.78 is 20.2. The van der Waals surface area contributed by atoms with E-state index in [2.05, 4.69) is 16.4 Å². The number of likely N-dealkylation sites (tertiary alicyclic amines) is 1. The minimum absolute atomic E-state index is 0.0784. The molecule has 162 valence electrons. The molecule has 3 aromatic rings. The van der Waals surface area contributed by atoms with Gasteiger partial charge in [0.2, 0.25) is 11.8 Å². The minimum atomic E-state index is -0.779. The van der Waals surface area contributed by atoms with Crippen molar-refractivity contribution in [1.82, 2.24) is 9.88 Å². The predicted octanol–water partition coefficient (Wildman–Crippen LogP) is 3.27. The molecule has 7 heteroatoms. The molecule has 2 saturated heterocycles. The number of nitrogens with one attached hydrogen (secondary N) is 2. The SMILES string of the molecule is O=C(Nc1ccccc1F)[C@H]1[C@@H]2C=C[C@]3(CN(CCc4c[nH]c5ccccc45)C(=O)[C@@H]13)O2. The molecular weight excluding hydrogens is 409 g/mol. The topological polar surface area (TPSA) is 74.4 Å². The Morgan fingerprint density at radius 3 is 2.91 bits per heavy atom. The molecule has 32 heavy (non-hydrogen) atoms. The van der Waals surface area contributed by atoms with E-state index in [4.69, 9.17) is 4.74 Å². The second-order valence-electron chi connectivity index (χ2n) is 8.74. The van der Waals surface area contributed by atoms with Crippen LogP contribution in [-0.4, -0.2) is 46.5 Å². The number of aromatic nitrogens is 1. The summed E-state index contributed by atoms with van der Waals surface area (Å²) in [5.74, 6) is -2.24. The maximum atomic E-state index is 14.0. The van der Waals surface area contributed by atoms with Gasteiger partial charge in [-0.3, -0.25) is 9.59 Å². The number of aromatic amines is 1. The van der Waals surface area contributed by atoms with Gasteiger partial charge in [-0.15, -0.1) is 0 Å². The van der Waals surface area contributed by atoms with Gasteiger partial charge in [0.25, 0.3) is 0 Å². The number of halogens is 1. The molecule has 6 rings (SSSR count). The number of carbonyl (C=O) groups excluding carboxylic acids is 2. The van der Waals surface area contributed by atoms with Crippen molar-refractivity contribution >= 4 is 28.4 Å². The van der Waals surface area contributed by atoms with Crippen molar-refractivity contribution in [2.75, 3.05) is 18.4 Å². The molecule has 0 aliphatic carbocycles. The summed E-state index contributed by atoms with van der Waals surface area (Å²) in [5.41, 5.74) is 1.55. The normalized spacial score (nSPS) is 28.0. The first-order valence-corrected chi connectivity index (χ1v) is 10.8. The van der Waals surface area contributed by atoms with Crippen molar-refractivity contribution < 1.29 is 18.7 Å². The fraction of sp³-hybridized carbons (Fsp3) is 0.280. The zero-order valence-electron chi connectivity index (χ0n) is 17.3. The molecule has 3 aliphatic rings. The zero-order chi connectivity index (χ0) is 21.9. The number of hydrogen-bond acceptors (Lipinski definition) is 3. The van der Waals surface area contributed by atoms with Gasteiger partial charge in [-0.25, -0.2) is 4.39 Å². The van der Waals surface area contributed by atoms with Crippen LogP contribution in [0.3, 0.4) is 0 Å². The largest absolute Gasteiger partial charge is 0.361 e. The highest BCUT2D eigenvalue weighted by Gasteiger charge is 2.66. The summed E-state index contributed by atoms with van der Waals surface area (Å²) in [7, 11) is 0. The van der Waals surface area contributed by atoms with Gasteiger partial charge in [-0.2, -0.15) is 0 Å². The Balaban J connectivity index is 1.21. The number of anilines is 1. The van der Waals surface area contributed by atoms with Crippen molar-refractivity contribution in [3.8, 4) is 0 Å². The number of para-hydroxylation sites is 2. The Bertz CT molecular complexity index is 1270. The number of benzene rings is 2. The van der Waals surface area contributed by atoms with Crippen molar-refractivity contribution in [3.63, 3.8) is 0 Å². The van der Waals surface area contributed by atoms with E-state index in [1.807, 2.05) is 36.5 Å². The first-order chi connectivity index (χ1) is 15.6. The molecule has 0 radical (unpaired) electrons. The monoisotopic (exact) mass is 431 g/mol. The molecular formula is C25H22FN3O3. The number of H-pyrrole nitrogens is 1. The highest BCUT2D eigenvalue weighted by atomic mass is 19.1. The second kappa shape index (κ2) is 7.03. The number of rotatable bonds is 5. The van der Waals surface area contributed by atoms with Crippen LogP contribution in [0.15, 0.2) is 66.9 Å². The van der Waals surface area contributed by atoms with E-state index in [1.54, 1.807) is 17.0 Å². The molecule has 2 fully saturated rings. The van der Waals surface area contributed by atoms with Crippen LogP contribution in [0.2, 0.25) is 0 Å². The van der Waals surface area contributed by atoms with Gasteiger partial charge in [0.15, 0.2) is 0 Å². The summed E-state index contributed by atoms with van der Waals surface area (Å²) in [5, 5.41) is 3.80. The lowest BCUT2D eigenvalue weighted by Crippen LogP contribution is -2.41. The van der Waals surface area contributed by atoms with Gasteiger partial charge in [-0.1, -0.05) is 42.5 Å². The highest BCUT2D eigenvalue weighted by Crippen LogP contribution is 2.52. The first-order valence-electron chi connectivity index (χ1n) is 10.8. The number of fused-ring (bicyclic) bond motifs is 2. The summed E-state index contributed by atoms with van der Waals surface area (Å²) >= 11 is 0. The molecule has 4 atom stereocenters. The average Bonchev–Trinajstić information content (AvgIpc) is 3.54. The molecule has 4 heterocycles. The fourth-order valence-corrected chi connectivity index (χ4v) is 5.44. The maximum Gasteiger partial charge on any atom is 0.231 e. The van der Waals surface area contributed by atoms with Gasteiger partial charge < -0.3 is 19.9 Å². The number of nitrogens with zero attached hydrogens (tertiary/aromatic N) is 1. The molecule has 2 N–H and O–H groups in total. The molecule has 2 amide bonds. The minimum Gasteiger partial charge on any atom is -0.361 e. The molecule has 1 aromatic heterocycles. The van der Waals surface area contributed by atoms with Gasteiger partial charge >= 0.3 is 0 Å². The lowest BCUT2D eigenvalue weighted by Gasteiger charge is -2.23. The highest BCUT2D eigenvalue weighted by molar-refractivity contribution is 5.99. The van der Waals surface area contributed by atoms with Crippen LogP contribution in [-0.2, 0) is 20.7 Å². The average molecular weight is 431 g/mol. The van der Waals surface area contributed by atoms with E-state index in [-0.39, 0.29) is 17.5 Å². The van der Waals surface area contributed by atoms with E-state index in [0.29, 0.717) is 19.5 Å². The van der Waals surface area contributed by atoms with Crippen LogP contribution in [0.25, 0.3) is 10.9 Å². The summed E-state index contributed by atoms with van der Waals surface area (Å²) in [6.45, 7) is 0.970. The second-order valence-corrected chi connectivity index (χ2v) is 8.74. The zero-order valence-corrected chi connectivity index (χ0v) is 17.3. The molecule has 0 unspecified atom stereocenters. The molecule has 3 aliphatic heterocycles. The number of hydrogen-bond donors (Lipinski definition) is 2. The van der Waals surface area contributed by atoms with E-state index < -0.39 is 29.4 Å². The molecule has 2 bridgehead atoms. The Hall–Kier alpha value is -3.45. The smallest absolute Gasteiger partial charge is 0.231 e. The Labute approximate surface area is 184 Å². The van der Waals surface area contributed by atoms with Crippen LogP contribution in [0.5, 0.6) is 0 Å². The summed E-state index contributed by atoms with van der Waals surface area (Å²) in [4.78, 5) is 31.5. The quantitative estimate of drug-likeness (QED) is 0.609. The van der Waals surface area contributed by atoms with E-state index in [1.165, 1.54) is 12.1 Å². The van der Waals surface area contributed by atoms with Crippen molar-refractivity contribution in [3.05, 3.63) is 78.3 Å². The van der Waals surface area contributed by atoms with Crippen LogP contribution in [0, 0.1) is 17.7 Å². The van der Waals surface area contributed by atoms with Crippen molar-refractivity contribution in [1.29, 1.82) is 0 Å². The van der Waals surface area contributed by atoms with Crippen molar-refractivity contribution in [2.24, 2.45) is 11.8 Å². The molecule has 6 nitrogen and oxygen atoms in total. The Morgan fingerprint density at radius 2 is 2.03 bits per heavy atom. The van der Waals surface area contributed by atoms with Gasteiger partial charge in [0, 0.05) is 23.6 Å². The van der Waals surface area contributed by atoms with Crippen LogP contribution < -0.4 is 5.32 Å². The van der Waals surface area contributed by atoms with Gasteiger partial charge in [0.05, 0.1) is 30.2 Å². The van der Waals surface area contributed by atoms with Crippen LogP contribution in [0.4, 0.5) is 10.1 Å². The lowest BCUT2D eigenvalue weighted by molar-refractivity contribution is -0.135. The fourth-order valence-electron chi connectivity index (χ4n) is 5.44. The van der Waals surface area contributed by atoms with Crippen LogP contribution in [0.1, 0.15) is 5.56 Å². The third-order valence-electron chi connectivity index (χ3n) is 6.94. The van der Waals surface area contributed by atoms with Gasteiger partial charge in [-0.05, 0) is 30.2 Å². The Morgan fingerprint density at radius 1 is 1.22 bits per heavy atom. The van der Waals surface area contributed by atoms with E-state index in [9.17, 15) is 14.0 Å². The Kier molecular flexibility index (Phi) is 4.23. The maximum absolute atomic E-state index is 14.0. The molecule has 2 aromatic carbocycles. The van der Waals surface area contributed by atoms with E-state index >= 15 is 0 Å². The van der Waals surface area contributed by atoms with Crippen LogP contribution >= 0.6 is 0 Å². The predicted molar refractivity (Wildman–Crippen MR) is 117 cm³/mol. The van der Waals surface area contributed by atoms with Gasteiger partial charge in [0.1, 0.15) is 11.4 Å². The molecule has 0 saturated carbocycles. The van der Waals surface area contributed by atoms with Crippen molar-refractivity contribution in [2.45, 2.75) is 18.1 Å². The standard InChI is InChI=1S/C25H22FN3O3/c26-17-6-2-4-8-19(17)28-23(30)21-20-9-11-25(32-20)14-29(24(31)22(21)25)12-10-15-13-27-18-7-3-1-5-16(15)18/h1-9,11,13,20-22,27H,10,12,14H2,(H,28,30)/t20-,21-,22+,25+/m0/s1. The number of amides is 2. The summed E-state index contributed by atoms with van der Waals surface area (Å²) in [6, 6.07) is 14.1. The third-order valence-corrected chi connectivity index (χ3v) is 6.94. The molecule has 1 spiro atoms. The summed E-state index contributed by atoms with van der Waals surface area (Å²) in [6.07, 6.45) is 6.01.